The molecule has 1 saturated heterocycles. The predicted molar refractivity (Wildman–Crippen MR) is 83.1 cm³/mol. The molecule has 2 rings (SSSR count). The quantitative estimate of drug-likeness (QED) is 0.726. The molecule has 1 aromatic rings. The minimum Gasteiger partial charge on any atom is -0.508 e. The van der Waals surface area contributed by atoms with E-state index in [1.165, 1.54) is 19.3 Å². The number of benzene rings is 1. The standard InChI is InChI=1S/C16H25N3O2/c17-15(12-13-4-6-14(20)7-5-13)16(21)18-8-11-19-9-2-1-3-10-19/h4-7,15,20H,1-3,8-12,17H2,(H,18,21)/t15-/m1/s1. The molecule has 5 nitrogen and oxygen atoms in total. The number of rotatable bonds is 6. The highest BCUT2D eigenvalue weighted by Crippen LogP contribution is 2.11. The van der Waals surface area contributed by atoms with E-state index in [0.29, 0.717) is 13.0 Å². The Morgan fingerprint density at radius 1 is 1.24 bits per heavy atom. The molecule has 1 aliphatic heterocycles. The Bertz CT molecular complexity index is 441. The molecule has 1 aromatic carbocycles. The molecule has 0 radical (unpaired) electrons. The number of nitrogens with one attached hydrogen (secondary N) is 1. The lowest BCUT2D eigenvalue weighted by Gasteiger charge is -2.26. The summed E-state index contributed by atoms with van der Waals surface area (Å²) >= 11 is 0. The molecule has 21 heavy (non-hydrogen) atoms. The van der Waals surface area contributed by atoms with E-state index in [0.717, 1.165) is 25.2 Å². The smallest absolute Gasteiger partial charge is 0.237 e. The fourth-order valence-electron chi connectivity index (χ4n) is 2.63. The van der Waals surface area contributed by atoms with E-state index in [1.54, 1.807) is 24.3 Å². The van der Waals surface area contributed by atoms with Crippen LogP contribution in [0.1, 0.15) is 24.8 Å². The van der Waals surface area contributed by atoms with E-state index < -0.39 is 6.04 Å². The molecule has 5 heteroatoms. The molecule has 0 saturated carbocycles. The number of carbonyl (C=O) groups excluding carboxylic acids is 1. The molecule has 1 heterocycles. The Labute approximate surface area is 126 Å². The first-order chi connectivity index (χ1) is 10.1. The van der Waals surface area contributed by atoms with Crippen molar-refractivity contribution in [1.82, 2.24) is 10.2 Å². The molecule has 1 amide bonds. The first kappa shape index (κ1) is 15.8. The van der Waals surface area contributed by atoms with Crippen molar-refractivity contribution in [2.75, 3.05) is 26.2 Å². The number of phenolic OH excluding ortho intramolecular Hbond substituents is 1. The minimum atomic E-state index is -0.545. The van der Waals surface area contributed by atoms with Gasteiger partial charge < -0.3 is 21.1 Å². The van der Waals surface area contributed by atoms with Gasteiger partial charge in [0.1, 0.15) is 5.75 Å². The molecule has 0 aliphatic carbocycles. The third-order valence-corrected chi connectivity index (χ3v) is 3.90. The highest BCUT2D eigenvalue weighted by atomic mass is 16.3. The third kappa shape index (κ3) is 5.36. The number of nitrogens with zero attached hydrogens (tertiary/aromatic N) is 1. The lowest BCUT2D eigenvalue weighted by Crippen LogP contribution is -2.45. The Morgan fingerprint density at radius 3 is 2.57 bits per heavy atom. The summed E-state index contributed by atoms with van der Waals surface area (Å²) in [6, 6.07) is 6.25. The molecule has 0 aromatic heterocycles. The lowest BCUT2D eigenvalue weighted by molar-refractivity contribution is -0.122. The van der Waals surface area contributed by atoms with Gasteiger partial charge >= 0.3 is 0 Å². The fraction of sp³-hybridized carbons (Fsp3) is 0.562. The molecule has 1 fully saturated rings. The Balaban J connectivity index is 1.68. The topological polar surface area (TPSA) is 78.6 Å². The first-order valence-corrected chi connectivity index (χ1v) is 7.69. The zero-order valence-electron chi connectivity index (χ0n) is 12.4. The summed E-state index contributed by atoms with van der Waals surface area (Å²) in [6.07, 6.45) is 4.32. The van der Waals surface area contributed by atoms with E-state index >= 15 is 0 Å². The van der Waals surface area contributed by atoms with Crippen LogP contribution in [-0.4, -0.2) is 48.1 Å². The minimum absolute atomic E-state index is 0.111. The zero-order valence-corrected chi connectivity index (χ0v) is 12.4. The number of nitrogens with two attached hydrogens (primary N) is 1. The van der Waals surface area contributed by atoms with Crippen molar-refractivity contribution in [3.8, 4) is 5.75 Å². The molecule has 1 aliphatic rings. The lowest BCUT2D eigenvalue weighted by atomic mass is 10.1. The summed E-state index contributed by atoms with van der Waals surface area (Å²) < 4.78 is 0. The van der Waals surface area contributed by atoms with Gasteiger partial charge in [-0.1, -0.05) is 18.6 Å². The van der Waals surface area contributed by atoms with Crippen LogP contribution in [0.2, 0.25) is 0 Å². The van der Waals surface area contributed by atoms with Gasteiger partial charge in [0.15, 0.2) is 0 Å². The molecular weight excluding hydrogens is 266 g/mol. The van der Waals surface area contributed by atoms with E-state index in [2.05, 4.69) is 10.2 Å². The van der Waals surface area contributed by atoms with E-state index in [1.807, 2.05) is 0 Å². The second kappa shape index (κ2) is 8.00. The molecule has 4 N–H and O–H groups in total. The average Bonchev–Trinajstić information content (AvgIpc) is 2.50. The van der Waals surface area contributed by atoms with Crippen LogP contribution in [0.15, 0.2) is 24.3 Å². The number of aromatic hydroxyl groups is 1. The Kier molecular flexibility index (Phi) is 6.02. The SMILES string of the molecule is N[C@H](Cc1ccc(O)cc1)C(=O)NCCN1CCCCC1. The van der Waals surface area contributed by atoms with Gasteiger partial charge in [0.05, 0.1) is 6.04 Å². The molecule has 0 unspecified atom stereocenters. The maximum atomic E-state index is 12.0. The van der Waals surface area contributed by atoms with Crippen molar-refractivity contribution in [1.29, 1.82) is 0 Å². The summed E-state index contributed by atoms with van der Waals surface area (Å²) in [7, 11) is 0. The van der Waals surface area contributed by atoms with E-state index in [9.17, 15) is 9.90 Å². The van der Waals surface area contributed by atoms with E-state index in [4.69, 9.17) is 5.73 Å². The third-order valence-electron chi connectivity index (χ3n) is 3.90. The number of phenols is 1. The number of hydrogen-bond acceptors (Lipinski definition) is 4. The van der Waals surface area contributed by atoms with Crippen molar-refractivity contribution in [2.45, 2.75) is 31.7 Å². The van der Waals surface area contributed by atoms with Crippen LogP contribution >= 0.6 is 0 Å². The van der Waals surface area contributed by atoms with Crippen LogP contribution < -0.4 is 11.1 Å². The summed E-state index contributed by atoms with van der Waals surface area (Å²) in [5.74, 6) is 0.110. The summed E-state index contributed by atoms with van der Waals surface area (Å²) in [5.41, 5.74) is 6.87. The number of likely N-dealkylation sites (tertiary alicyclic amines) is 1. The molecule has 116 valence electrons. The van der Waals surface area contributed by atoms with Crippen molar-refractivity contribution in [2.24, 2.45) is 5.73 Å². The largest absolute Gasteiger partial charge is 0.508 e. The van der Waals surface area contributed by atoms with Gasteiger partial charge in [-0.2, -0.15) is 0 Å². The summed E-state index contributed by atoms with van der Waals surface area (Å²) in [4.78, 5) is 14.3. The number of hydrogen-bond donors (Lipinski definition) is 3. The van der Waals surface area contributed by atoms with Crippen LogP contribution in [0.3, 0.4) is 0 Å². The van der Waals surface area contributed by atoms with Crippen molar-refractivity contribution in [3.63, 3.8) is 0 Å². The normalized spacial score (nSPS) is 17.4. The van der Waals surface area contributed by atoms with Crippen LogP contribution in [0, 0.1) is 0 Å². The van der Waals surface area contributed by atoms with Gasteiger partial charge in [0.2, 0.25) is 5.91 Å². The number of amides is 1. The fourth-order valence-corrected chi connectivity index (χ4v) is 2.63. The monoisotopic (exact) mass is 291 g/mol. The molecule has 0 bridgehead atoms. The summed E-state index contributed by atoms with van der Waals surface area (Å²) in [5, 5.41) is 12.1. The van der Waals surface area contributed by atoms with Gasteiger partial charge in [-0.15, -0.1) is 0 Å². The second-order valence-corrected chi connectivity index (χ2v) is 5.67. The second-order valence-electron chi connectivity index (χ2n) is 5.67. The Hall–Kier alpha value is -1.59. The van der Waals surface area contributed by atoms with Crippen LogP contribution in [0.4, 0.5) is 0 Å². The van der Waals surface area contributed by atoms with Crippen LogP contribution in [-0.2, 0) is 11.2 Å². The maximum Gasteiger partial charge on any atom is 0.237 e. The molecular formula is C16H25N3O2. The number of carbonyl (C=O) groups is 1. The van der Waals surface area contributed by atoms with Gasteiger partial charge in [-0.25, -0.2) is 0 Å². The highest BCUT2D eigenvalue weighted by molar-refractivity contribution is 5.81. The molecule has 0 spiro atoms. The van der Waals surface area contributed by atoms with Crippen LogP contribution in [0.5, 0.6) is 5.75 Å². The first-order valence-electron chi connectivity index (χ1n) is 7.69. The van der Waals surface area contributed by atoms with Crippen molar-refractivity contribution in [3.05, 3.63) is 29.8 Å². The predicted octanol–water partition coefficient (Wildman–Crippen LogP) is 0.864. The molecule has 1 atom stereocenters. The van der Waals surface area contributed by atoms with Gasteiger partial charge in [-0.05, 0) is 50.0 Å². The van der Waals surface area contributed by atoms with Gasteiger partial charge in [-0.3, -0.25) is 4.79 Å². The highest BCUT2D eigenvalue weighted by Gasteiger charge is 2.15. The van der Waals surface area contributed by atoms with Gasteiger partial charge in [0, 0.05) is 13.1 Å². The number of piperidine rings is 1. The Morgan fingerprint density at radius 2 is 1.90 bits per heavy atom. The van der Waals surface area contributed by atoms with Crippen LogP contribution in [0.25, 0.3) is 0 Å². The van der Waals surface area contributed by atoms with E-state index in [-0.39, 0.29) is 11.7 Å². The van der Waals surface area contributed by atoms with Gasteiger partial charge in [0.25, 0.3) is 0 Å². The summed E-state index contributed by atoms with van der Waals surface area (Å²) in [6.45, 7) is 3.82. The van der Waals surface area contributed by atoms with Crippen molar-refractivity contribution >= 4 is 5.91 Å². The van der Waals surface area contributed by atoms with Crippen molar-refractivity contribution < 1.29 is 9.90 Å². The average molecular weight is 291 g/mol. The maximum absolute atomic E-state index is 12.0. The zero-order chi connectivity index (χ0) is 15.1.